The smallest absolute Gasteiger partial charge is 0.252 e. The lowest BCUT2D eigenvalue weighted by atomic mass is 9.96. The standard InChI is InChI=1S/C18H21ClN2O3S/c1-3-13(14-7-5-4-6-8-14)12-21-18(22)16-11-15(9-10-17(16)19)25(23,24)20-2/h4-11,13,20H,3,12H2,1-2H3,(H,21,22). The summed E-state index contributed by atoms with van der Waals surface area (Å²) >= 11 is 6.07. The molecule has 0 radical (unpaired) electrons. The number of nitrogens with one attached hydrogen (secondary N) is 2. The summed E-state index contributed by atoms with van der Waals surface area (Å²) < 4.78 is 26.0. The second kappa shape index (κ2) is 8.47. The molecule has 0 aliphatic rings. The van der Waals surface area contributed by atoms with Crippen LogP contribution in [0.25, 0.3) is 0 Å². The summed E-state index contributed by atoms with van der Waals surface area (Å²) in [6.45, 7) is 2.50. The van der Waals surface area contributed by atoms with Gasteiger partial charge in [0.15, 0.2) is 0 Å². The van der Waals surface area contributed by atoms with Gasteiger partial charge in [-0.05, 0) is 37.2 Å². The predicted octanol–water partition coefficient (Wildman–Crippen LogP) is 3.17. The van der Waals surface area contributed by atoms with Gasteiger partial charge in [0.05, 0.1) is 15.5 Å². The SMILES string of the molecule is CCC(CNC(=O)c1cc(S(=O)(=O)NC)ccc1Cl)c1ccccc1. The van der Waals surface area contributed by atoms with Crippen LogP contribution in [0.15, 0.2) is 53.4 Å². The van der Waals surface area contributed by atoms with Crippen molar-refractivity contribution in [3.8, 4) is 0 Å². The molecule has 0 bridgehead atoms. The van der Waals surface area contributed by atoms with Gasteiger partial charge in [0.1, 0.15) is 0 Å². The number of carbonyl (C=O) groups is 1. The fourth-order valence-corrected chi connectivity index (χ4v) is 3.46. The maximum absolute atomic E-state index is 12.5. The first-order chi connectivity index (χ1) is 11.9. The minimum absolute atomic E-state index is 0.000323. The van der Waals surface area contributed by atoms with E-state index in [9.17, 15) is 13.2 Å². The topological polar surface area (TPSA) is 75.3 Å². The third kappa shape index (κ3) is 4.81. The Morgan fingerprint density at radius 1 is 1.16 bits per heavy atom. The lowest BCUT2D eigenvalue weighted by Gasteiger charge is -2.16. The number of hydrogen-bond donors (Lipinski definition) is 2. The maximum atomic E-state index is 12.5. The van der Waals surface area contributed by atoms with Crippen LogP contribution in [0, 0.1) is 0 Å². The fourth-order valence-electron chi connectivity index (χ4n) is 2.50. The Kier molecular flexibility index (Phi) is 6.58. The van der Waals surface area contributed by atoms with Gasteiger partial charge in [-0.25, -0.2) is 13.1 Å². The van der Waals surface area contributed by atoms with E-state index in [0.717, 1.165) is 12.0 Å². The van der Waals surface area contributed by atoms with Gasteiger partial charge < -0.3 is 5.32 Å². The molecule has 134 valence electrons. The van der Waals surface area contributed by atoms with E-state index in [1.54, 1.807) is 0 Å². The molecule has 1 amide bonds. The lowest BCUT2D eigenvalue weighted by Crippen LogP contribution is -2.29. The lowest BCUT2D eigenvalue weighted by molar-refractivity contribution is 0.0951. The largest absolute Gasteiger partial charge is 0.351 e. The van der Waals surface area contributed by atoms with Crippen molar-refractivity contribution in [2.24, 2.45) is 0 Å². The van der Waals surface area contributed by atoms with E-state index in [-0.39, 0.29) is 21.4 Å². The Morgan fingerprint density at radius 2 is 1.84 bits per heavy atom. The highest BCUT2D eigenvalue weighted by Crippen LogP contribution is 2.22. The van der Waals surface area contributed by atoms with Crippen LogP contribution in [-0.4, -0.2) is 27.9 Å². The number of hydrogen-bond acceptors (Lipinski definition) is 3. The molecule has 1 unspecified atom stereocenters. The van der Waals surface area contributed by atoms with Gasteiger partial charge in [0, 0.05) is 12.5 Å². The minimum Gasteiger partial charge on any atom is -0.351 e. The van der Waals surface area contributed by atoms with Gasteiger partial charge in [-0.3, -0.25) is 4.79 Å². The third-order valence-corrected chi connectivity index (χ3v) is 5.78. The Bertz CT molecular complexity index is 839. The van der Waals surface area contributed by atoms with Crippen molar-refractivity contribution >= 4 is 27.5 Å². The van der Waals surface area contributed by atoms with Crippen molar-refractivity contribution in [2.75, 3.05) is 13.6 Å². The highest BCUT2D eigenvalue weighted by atomic mass is 35.5. The average Bonchev–Trinajstić information content (AvgIpc) is 2.63. The maximum Gasteiger partial charge on any atom is 0.252 e. The van der Waals surface area contributed by atoms with Crippen LogP contribution in [0.4, 0.5) is 0 Å². The van der Waals surface area contributed by atoms with Crippen LogP contribution in [0.5, 0.6) is 0 Å². The van der Waals surface area contributed by atoms with E-state index in [4.69, 9.17) is 11.6 Å². The third-order valence-electron chi connectivity index (χ3n) is 4.03. The van der Waals surface area contributed by atoms with Gasteiger partial charge in [-0.1, -0.05) is 48.9 Å². The highest BCUT2D eigenvalue weighted by molar-refractivity contribution is 7.89. The van der Waals surface area contributed by atoms with Crippen LogP contribution < -0.4 is 10.0 Å². The van der Waals surface area contributed by atoms with Gasteiger partial charge in [0.2, 0.25) is 10.0 Å². The van der Waals surface area contributed by atoms with E-state index in [1.807, 2.05) is 30.3 Å². The van der Waals surface area contributed by atoms with E-state index in [2.05, 4.69) is 17.0 Å². The monoisotopic (exact) mass is 380 g/mol. The zero-order valence-electron chi connectivity index (χ0n) is 14.1. The highest BCUT2D eigenvalue weighted by Gasteiger charge is 2.18. The molecule has 0 aromatic heterocycles. The van der Waals surface area contributed by atoms with Crippen molar-refractivity contribution < 1.29 is 13.2 Å². The quantitative estimate of drug-likeness (QED) is 0.774. The Balaban J connectivity index is 2.17. The van der Waals surface area contributed by atoms with Crippen LogP contribution in [0.2, 0.25) is 5.02 Å². The van der Waals surface area contributed by atoms with Crippen molar-refractivity contribution in [1.29, 1.82) is 0 Å². The summed E-state index contributed by atoms with van der Waals surface area (Å²) in [6, 6.07) is 14.0. The molecule has 25 heavy (non-hydrogen) atoms. The van der Waals surface area contributed by atoms with Gasteiger partial charge in [-0.2, -0.15) is 0 Å². The van der Waals surface area contributed by atoms with Crippen molar-refractivity contribution in [2.45, 2.75) is 24.2 Å². The molecule has 2 rings (SSSR count). The zero-order chi connectivity index (χ0) is 18.4. The molecule has 0 heterocycles. The van der Waals surface area contributed by atoms with Gasteiger partial charge in [-0.15, -0.1) is 0 Å². The molecule has 0 saturated heterocycles. The molecule has 2 N–H and O–H groups in total. The predicted molar refractivity (Wildman–Crippen MR) is 99.5 cm³/mol. The number of benzene rings is 2. The van der Waals surface area contributed by atoms with Crippen molar-refractivity contribution in [3.05, 3.63) is 64.7 Å². The molecule has 0 fully saturated rings. The van der Waals surface area contributed by atoms with E-state index < -0.39 is 15.9 Å². The molecule has 1 atom stereocenters. The summed E-state index contributed by atoms with van der Waals surface area (Å²) in [7, 11) is -2.32. The van der Waals surface area contributed by atoms with Crippen LogP contribution in [-0.2, 0) is 10.0 Å². The molecule has 2 aromatic rings. The summed E-state index contributed by atoms with van der Waals surface area (Å²) in [6.07, 6.45) is 0.867. The minimum atomic E-state index is -3.64. The van der Waals surface area contributed by atoms with Crippen molar-refractivity contribution in [3.63, 3.8) is 0 Å². The molecule has 0 aliphatic heterocycles. The van der Waals surface area contributed by atoms with Crippen LogP contribution >= 0.6 is 11.6 Å². The first kappa shape index (κ1) is 19.4. The first-order valence-electron chi connectivity index (χ1n) is 7.95. The molecule has 5 nitrogen and oxygen atoms in total. The second-order valence-electron chi connectivity index (χ2n) is 5.58. The normalized spacial score (nSPS) is 12.6. The molecule has 7 heteroatoms. The Morgan fingerprint density at radius 3 is 2.44 bits per heavy atom. The van der Waals surface area contributed by atoms with Gasteiger partial charge >= 0.3 is 0 Å². The summed E-state index contributed by atoms with van der Waals surface area (Å²) in [5.74, 6) is -0.222. The number of amides is 1. The van der Waals surface area contributed by atoms with E-state index >= 15 is 0 Å². The average molecular weight is 381 g/mol. The van der Waals surface area contributed by atoms with Gasteiger partial charge in [0.25, 0.3) is 5.91 Å². The Labute approximate surface area is 153 Å². The summed E-state index contributed by atoms with van der Waals surface area (Å²) in [4.78, 5) is 12.5. The first-order valence-corrected chi connectivity index (χ1v) is 9.81. The second-order valence-corrected chi connectivity index (χ2v) is 7.87. The summed E-state index contributed by atoms with van der Waals surface area (Å²) in [5.41, 5.74) is 1.28. The van der Waals surface area contributed by atoms with Crippen LogP contribution in [0.3, 0.4) is 0 Å². The fraction of sp³-hybridized carbons (Fsp3) is 0.278. The van der Waals surface area contributed by atoms with E-state index in [0.29, 0.717) is 6.54 Å². The number of carbonyl (C=O) groups excluding carboxylic acids is 1. The van der Waals surface area contributed by atoms with Crippen molar-refractivity contribution in [1.82, 2.24) is 10.0 Å². The molecule has 0 aliphatic carbocycles. The summed E-state index contributed by atoms with van der Waals surface area (Å²) in [5, 5.41) is 3.06. The number of rotatable bonds is 7. The zero-order valence-corrected chi connectivity index (χ0v) is 15.7. The molecule has 0 spiro atoms. The Hall–Kier alpha value is -1.89. The molecular formula is C18H21ClN2O3S. The molecule has 2 aromatic carbocycles. The number of halogens is 1. The van der Waals surface area contributed by atoms with Crippen LogP contribution in [0.1, 0.15) is 35.2 Å². The number of sulfonamides is 1. The molecule has 0 saturated carbocycles. The molecular weight excluding hydrogens is 360 g/mol. The van der Waals surface area contributed by atoms with E-state index in [1.165, 1.54) is 25.2 Å².